The third-order valence-corrected chi connectivity index (χ3v) is 12.8. The van der Waals surface area contributed by atoms with E-state index in [-0.39, 0.29) is 44.7 Å². The first-order chi connectivity index (χ1) is 28.6. The van der Waals surface area contributed by atoms with Crippen LogP contribution in [0.5, 0.6) is 5.75 Å². The summed E-state index contributed by atoms with van der Waals surface area (Å²) in [5.41, 5.74) is -0.210. The Bertz CT molecular complexity index is 3250. The largest absolute Gasteiger partial charge is 0.372 e. The molecule has 0 aliphatic heterocycles. The molecule has 0 spiro atoms. The van der Waals surface area contributed by atoms with Gasteiger partial charge in [0.15, 0.2) is 11.5 Å². The Kier molecular flexibility index (Phi) is 11.4. The Labute approximate surface area is 351 Å². The molecule has 1 aliphatic rings. The zero-order valence-electron chi connectivity index (χ0n) is 31.5. The Morgan fingerprint density at radius 3 is 1.54 bits per heavy atom. The number of hydrogen-bond acceptors (Lipinski definition) is 11. The Morgan fingerprint density at radius 1 is 0.689 bits per heavy atom. The number of aromatic nitrogens is 4. The van der Waals surface area contributed by atoms with Gasteiger partial charge in [-0.1, -0.05) is 45.6 Å². The second kappa shape index (κ2) is 16.0. The van der Waals surface area contributed by atoms with E-state index >= 15 is 0 Å². The zero-order valence-corrected chi connectivity index (χ0v) is 34.7. The van der Waals surface area contributed by atoms with E-state index in [9.17, 15) is 48.4 Å². The first kappa shape index (κ1) is 43.5. The predicted octanol–water partition coefficient (Wildman–Crippen LogP) is 7.29. The molecule has 1 fully saturated rings. The second-order valence-corrected chi connectivity index (χ2v) is 18.2. The van der Waals surface area contributed by atoms with Crippen LogP contribution in [-0.4, -0.2) is 41.8 Å². The number of pyridine rings is 2. The van der Waals surface area contributed by atoms with E-state index < -0.39 is 71.0 Å². The lowest BCUT2D eigenvalue weighted by Gasteiger charge is -2.13. The third kappa shape index (κ3) is 8.78. The summed E-state index contributed by atoms with van der Waals surface area (Å²) in [7, 11) is -8.86. The van der Waals surface area contributed by atoms with Crippen LogP contribution in [0.4, 0.5) is 22.0 Å². The van der Waals surface area contributed by atoms with Crippen LogP contribution >= 0.6 is 23.2 Å². The highest BCUT2D eigenvalue weighted by Crippen LogP contribution is 2.36. The molecule has 1 N–H and O–H groups in total. The van der Waals surface area contributed by atoms with Crippen molar-refractivity contribution in [2.75, 3.05) is 0 Å². The summed E-state index contributed by atoms with van der Waals surface area (Å²) in [6.07, 6.45) is 4.40. The molecule has 1 aliphatic carbocycles. The number of nitrogens with zero attached hydrogens (tertiary/aromatic N) is 4. The van der Waals surface area contributed by atoms with Crippen molar-refractivity contribution in [2.45, 2.75) is 62.0 Å². The topological polar surface area (TPSA) is 186 Å². The van der Waals surface area contributed by atoms with E-state index in [1.54, 1.807) is 32.0 Å². The van der Waals surface area contributed by atoms with Crippen molar-refractivity contribution in [1.29, 1.82) is 0 Å². The van der Waals surface area contributed by atoms with E-state index in [0.29, 0.717) is 33.3 Å². The average molecular weight is 929 g/mol. The summed E-state index contributed by atoms with van der Waals surface area (Å²) in [4.78, 5) is 25.1. The normalized spacial score (nSPS) is 13.7. The van der Waals surface area contributed by atoms with Gasteiger partial charge in [0.05, 0.1) is 50.2 Å². The van der Waals surface area contributed by atoms with E-state index in [2.05, 4.69) is 19.2 Å². The highest BCUT2D eigenvalue weighted by atomic mass is 35.5. The molecule has 0 bridgehead atoms. The summed E-state index contributed by atoms with van der Waals surface area (Å²) in [6, 6.07) is 10.5. The maximum Gasteiger partial charge on any atom is 0.339 e. The number of rotatable bonds is 10. The minimum Gasteiger partial charge on any atom is -0.372 e. The summed E-state index contributed by atoms with van der Waals surface area (Å²) in [6.45, 7) is 5.35. The lowest BCUT2D eigenvalue weighted by atomic mass is 10.2. The highest BCUT2D eigenvalue weighted by Gasteiger charge is 2.41. The van der Waals surface area contributed by atoms with Crippen LogP contribution in [0, 0.1) is 42.9 Å². The molecule has 0 atom stereocenters. The van der Waals surface area contributed by atoms with Crippen LogP contribution in [0.2, 0.25) is 10.0 Å². The van der Waals surface area contributed by atoms with E-state index in [0.717, 1.165) is 35.6 Å². The van der Waals surface area contributed by atoms with Gasteiger partial charge in [-0.25, -0.2) is 26.3 Å². The number of halogens is 7. The fraction of sp³-hybridized carbons (Fsp3) is 0.211. The van der Waals surface area contributed by atoms with E-state index in [1.807, 2.05) is 6.92 Å². The molecule has 8 rings (SSSR count). The number of fused-ring (bicyclic) bond motifs is 2. The fourth-order valence-electron chi connectivity index (χ4n) is 6.02. The maximum absolute atomic E-state index is 13.9. The molecule has 3 aromatic carbocycles. The molecule has 4 aromatic heterocycles. The van der Waals surface area contributed by atoms with Crippen molar-refractivity contribution in [3.8, 4) is 5.75 Å². The number of benzene rings is 3. The number of aryl methyl sites for hydroxylation is 2. The molecule has 1 saturated carbocycles. The Morgan fingerprint density at radius 2 is 1.11 bits per heavy atom. The standard InChI is InChI=1S/C20H10ClF5N2O5S.C18H18ClN3O4S/c1-8-4-9(32-27-8)6-28-7-13(21)11-3-2-10(5-12(11)20(28)29)34(30,31)33-19-17(25)15(23)14(22)16(24)18(19)26;1-11-7-12(26-20-11)9-22-10-16(19)14-4-3-13(8-15(14)17(22)23)27(24,25)21-18(2)5-6-18/h2-5,7H,6H2,1H3;3-4,7-8,10,21H,5-6,9H2,1-2H3. The predicted molar refractivity (Wildman–Crippen MR) is 209 cm³/mol. The average Bonchev–Trinajstić information content (AvgIpc) is 3.54. The smallest absolute Gasteiger partial charge is 0.339 e. The second-order valence-electron chi connectivity index (χ2n) is 14.2. The van der Waals surface area contributed by atoms with Crippen LogP contribution < -0.4 is 20.0 Å². The monoisotopic (exact) mass is 927 g/mol. The summed E-state index contributed by atoms with van der Waals surface area (Å²) in [5, 5.41) is 8.54. The summed E-state index contributed by atoms with van der Waals surface area (Å²) >= 11 is 12.5. The maximum atomic E-state index is 13.9. The zero-order chi connectivity index (χ0) is 44.3. The summed E-state index contributed by atoms with van der Waals surface area (Å²) < 4.78 is 138. The molecule has 4 heterocycles. The molecule has 320 valence electrons. The first-order valence-corrected chi connectivity index (χ1v) is 21.2. The van der Waals surface area contributed by atoms with Crippen molar-refractivity contribution in [3.63, 3.8) is 0 Å². The molecule has 61 heavy (non-hydrogen) atoms. The molecular formula is C38H28Cl2F5N5O9S2. The Balaban J connectivity index is 0.000000189. The van der Waals surface area contributed by atoms with Gasteiger partial charge in [-0.2, -0.15) is 17.2 Å². The quantitative estimate of drug-likeness (QED) is 0.0629. The molecule has 0 amide bonds. The van der Waals surface area contributed by atoms with Crippen LogP contribution in [0.15, 0.2) is 89.4 Å². The van der Waals surface area contributed by atoms with Gasteiger partial charge in [0.25, 0.3) is 11.1 Å². The number of hydrogen-bond donors (Lipinski definition) is 1. The molecule has 0 saturated heterocycles. The SMILES string of the molecule is Cc1cc(Cn2cc(Cl)c3ccc(S(=O)(=O)NC4(C)CC4)cc3c2=O)on1.Cc1cc(Cn2cc(Cl)c3ccc(S(=O)(=O)Oc4c(F)c(F)c(F)c(F)c4F)cc3c2=O)on1. The Hall–Kier alpha value is -5.61. The minimum atomic E-state index is -5.15. The van der Waals surface area contributed by atoms with Crippen molar-refractivity contribution < 1.29 is 52.0 Å². The van der Waals surface area contributed by atoms with Gasteiger partial charge in [0, 0.05) is 40.8 Å². The van der Waals surface area contributed by atoms with Crippen molar-refractivity contribution in [2.24, 2.45) is 0 Å². The molecule has 0 unspecified atom stereocenters. The lowest BCUT2D eigenvalue weighted by molar-refractivity contribution is 0.346. The van der Waals surface area contributed by atoms with E-state index in [1.165, 1.54) is 29.1 Å². The van der Waals surface area contributed by atoms with Crippen LogP contribution in [0.1, 0.15) is 42.7 Å². The van der Waals surface area contributed by atoms with Gasteiger partial charge in [-0.3, -0.25) is 9.59 Å². The van der Waals surface area contributed by atoms with Gasteiger partial charge in [-0.15, -0.1) is 0 Å². The van der Waals surface area contributed by atoms with Crippen molar-refractivity contribution >= 4 is 64.9 Å². The van der Waals surface area contributed by atoms with Gasteiger partial charge >= 0.3 is 10.1 Å². The highest BCUT2D eigenvalue weighted by molar-refractivity contribution is 7.89. The molecule has 14 nitrogen and oxygen atoms in total. The number of nitrogens with one attached hydrogen (secondary N) is 1. The van der Waals surface area contributed by atoms with Gasteiger partial charge in [-0.05, 0) is 57.9 Å². The molecular weight excluding hydrogens is 900 g/mol. The van der Waals surface area contributed by atoms with E-state index in [4.69, 9.17) is 32.2 Å². The third-order valence-electron chi connectivity index (χ3n) is 9.37. The molecule has 0 radical (unpaired) electrons. The van der Waals surface area contributed by atoms with Gasteiger partial charge in [0.1, 0.15) is 4.90 Å². The lowest BCUT2D eigenvalue weighted by Crippen LogP contribution is -2.34. The minimum absolute atomic E-state index is 0.0459. The van der Waals surface area contributed by atoms with Crippen molar-refractivity contribution in [3.05, 3.63) is 144 Å². The van der Waals surface area contributed by atoms with Crippen LogP contribution in [-0.2, 0) is 33.2 Å². The first-order valence-electron chi connectivity index (χ1n) is 17.6. The molecule has 23 heteroatoms. The fourth-order valence-corrected chi connectivity index (χ4v) is 9.04. The molecule has 7 aromatic rings. The van der Waals surface area contributed by atoms with Crippen LogP contribution in [0.25, 0.3) is 21.5 Å². The van der Waals surface area contributed by atoms with Crippen LogP contribution in [0.3, 0.4) is 0 Å². The van der Waals surface area contributed by atoms with Crippen molar-refractivity contribution in [1.82, 2.24) is 24.2 Å². The summed E-state index contributed by atoms with van der Waals surface area (Å²) in [5.74, 6) is -13.4. The number of sulfonamides is 1. The van der Waals surface area contributed by atoms with Gasteiger partial charge in [0.2, 0.25) is 44.9 Å². The van der Waals surface area contributed by atoms with Gasteiger partial charge < -0.3 is 22.4 Å².